The molecule has 0 N–H and O–H groups in total. The molecule has 0 amide bonds. The number of Topliss-reactive ketones (excluding diaryl/α,β-unsaturated/α-hetero) is 1. The maximum absolute atomic E-state index is 13.5. The number of benzene rings is 1. The molecule has 1 nitrogen and oxygen atoms in total. The molecule has 1 aliphatic carbocycles. The number of hydrogen-bond donors (Lipinski definition) is 0. The summed E-state index contributed by atoms with van der Waals surface area (Å²) >= 11 is 0. The van der Waals surface area contributed by atoms with E-state index in [0.29, 0.717) is 24.0 Å². The Kier molecular flexibility index (Phi) is 2.14. The van der Waals surface area contributed by atoms with Crippen molar-refractivity contribution in [2.75, 3.05) is 0 Å². The summed E-state index contributed by atoms with van der Waals surface area (Å²) in [5, 5.41) is 0. The monoisotopic (exact) mass is 192 g/mol. The molecule has 2 heteroatoms. The van der Waals surface area contributed by atoms with Gasteiger partial charge in [0, 0.05) is 12.0 Å². The van der Waals surface area contributed by atoms with Crippen LogP contribution in [0, 0.1) is 13.8 Å². The number of ketones is 1. The molecule has 1 atom stereocenters. The number of hydrogen-bond acceptors (Lipinski definition) is 1. The van der Waals surface area contributed by atoms with Crippen molar-refractivity contribution >= 4 is 5.78 Å². The first kappa shape index (κ1) is 9.38. The van der Waals surface area contributed by atoms with Gasteiger partial charge < -0.3 is 0 Å². The smallest absolute Gasteiger partial charge is 0.163 e. The highest BCUT2D eigenvalue weighted by atomic mass is 19.1. The summed E-state index contributed by atoms with van der Waals surface area (Å²) in [5.41, 5.74) is 3.29. The van der Waals surface area contributed by atoms with Gasteiger partial charge in [-0.15, -0.1) is 0 Å². The zero-order valence-electron chi connectivity index (χ0n) is 8.43. The molecule has 0 bridgehead atoms. The topological polar surface area (TPSA) is 17.1 Å². The zero-order chi connectivity index (χ0) is 10.3. The number of aryl methyl sites for hydroxylation is 2. The lowest BCUT2D eigenvalue weighted by atomic mass is 9.86. The summed E-state index contributed by atoms with van der Waals surface area (Å²) in [5.74, 6) is 0.0806. The number of alkyl halides is 1. The van der Waals surface area contributed by atoms with Crippen molar-refractivity contribution in [3.8, 4) is 0 Å². The van der Waals surface area contributed by atoms with E-state index in [1.807, 2.05) is 26.0 Å². The van der Waals surface area contributed by atoms with Gasteiger partial charge in [0.25, 0.3) is 0 Å². The molecule has 2 rings (SSSR count). The Bertz CT molecular complexity index is 396. The number of carbonyl (C=O) groups is 1. The first-order valence-electron chi connectivity index (χ1n) is 4.88. The molecule has 0 saturated heterocycles. The summed E-state index contributed by atoms with van der Waals surface area (Å²) in [4.78, 5) is 11.5. The molecule has 0 aromatic heterocycles. The minimum Gasteiger partial charge on any atom is -0.294 e. The Balaban J connectivity index is 2.62. The molecule has 0 spiro atoms. The molecule has 0 saturated carbocycles. The van der Waals surface area contributed by atoms with Crippen LogP contribution in [-0.4, -0.2) is 5.78 Å². The third kappa shape index (κ3) is 1.35. The molecule has 74 valence electrons. The average molecular weight is 192 g/mol. The van der Waals surface area contributed by atoms with Crippen LogP contribution in [-0.2, 0) is 0 Å². The van der Waals surface area contributed by atoms with E-state index in [-0.39, 0.29) is 5.78 Å². The largest absolute Gasteiger partial charge is 0.294 e. The average Bonchev–Trinajstić information content (AvgIpc) is 2.15. The fourth-order valence-electron chi connectivity index (χ4n) is 1.89. The molecule has 0 radical (unpaired) electrons. The van der Waals surface area contributed by atoms with Crippen LogP contribution in [0.1, 0.15) is 46.1 Å². The number of fused-ring (bicyclic) bond motifs is 1. The quantitative estimate of drug-likeness (QED) is 0.616. The highest BCUT2D eigenvalue weighted by Gasteiger charge is 2.25. The first-order chi connectivity index (χ1) is 6.59. The van der Waals surface area contributed by atoms with E-state index in [1.165, 1.54) is 0 Å². The third-order valence-corrected chi connectivity index (χ3v) is 2.93. The van der Waals surface area contributed by atoms with Crippen LogP contribution in [0.15, 0.2) is 12.1 Å². The van der Waals surface area contributed by atoms with Gasteiger partial charge in [0.1, 0.15) is 6.17 Å². The summed E-state index contributed by atoms with van der Waals surface area (Å²) in [6.45, 7) is 3.89. The summed E-state index contributed by atoms with van der Waals surface area (Å²) in [6.07, 6.45) is -0.271. The highest BCUT2D eigenvalue weighted by molar-refractivity contribution is 5.99. The molecular weight excluding hydrogens is 179 g/mol. The highest BCUT2D eigenvalue weighted by Crippen LogP contribution is 2.33. The molecular formula is C12H13FO. The van der Waals surface area contributed by atoms with Crippen molar-refractivity contribution in [3.05, 3.63) is 34.4 Å². The first-order valence-corrected chi connectivity index (χ1v) is 4.88. The van der Waals surface area contributed by atoms with Crippen molar-refractivity contribution < 1.29 is 9.18 Å². The molecule has 1 aliphatic rings. The van der Waals surface area contributed by atoms with Gasteiger partial charge in [-0.1, -0.05) is 6.07 Å². The summed E-state index contributed by atoms with van der Waals surface area (Å²) in [6, 6.07) is 3.63. The van der Waals surface area contributed by atoms with Crippen molar-refractivity contribution in [2.45, 2.75) is 32.9 Å². The van der Waals surface area contributed by atoms with Gasteiger partial charge in [-0.3, -0.25) is 4.79 Å². The predicted octanol–water partition coefficient (Wildman–Crippen LogP) is 3.29. The van der Waals surface area contributed by atoms with Gasteiger partial charge in [0.15, 0.2) is 5.78 Å². The molecule has 1 aromatic carbocycles. The fourth-order valence-corrected chi connectivity index (χ4v) is 1.89. The Hall–Kier alpha value is -1.18. The van der Waals surface area contributed by atoms with Crippen LogP contribution >= 0.6 is 0 Å². The van der Waals surface area contributed by atoms with Crippen molar-refractivity contribution in [1.82, 2.24) is 0 Å². The van der Waals surface area contributed by atoms with Crippen LogP contribution in [0.5, 0.6) is 0 Å². The molecule has 0 fully saturated rings. The lowest BCUT2D eigenvalue weighted by Crippen LogP contribution is -2.13. The third-order valence-electron chi connectivity index (χ3n) is 2.93. The van der Waals surface area contributed by atoms with Gasteiger partial charge in [0.05, 0.1) is 0 Å². The van der Waals surface area contributed by atoms with E-state index in [1.54, 1.807) is 0 Å². The van der Waals surface area contributed by atoms with E-state index >= 15 is 0 Å². The molecule has 14 heavy (non-hydrogen) atoms. The van der Waals surface area contributed by atoms with Gasteiger partial charge in [-0.2, -0.15) is 0 Å². The van der Waals surface area contributed by atoms with E-state index in [2.05, 4.69) is 0 Å². The lowest BCUT2D eigenvalue weighted by molar-refractivity contribution is 0.0949. The molecule has 0 aliphatic heterocycles. The number of carbonyl (C=O) groups excluding carboxylic acids is 1. The Morgan fingerprint density at radius 3 is 2.64 bits per heavy atom. The second-order valence-corrected chi connectivity index (χ2v) is 3.95. The second-order valence-electron chi connectivity index (χ2n) is 3.95. The Morgan fingerprint density at radius 1 is 1.29 bits per heavy atom. The van der Waals surface area contributed by atoms with Crippen LogP contribution in [0.2, 0.25) is 0 Å². The van der Waals surface area contributed by atoms with E-state index in [0.717, 1.165) is 11.1 Å². The molecule has 1 unspecified atom stereocenters. The maximum atomic E-state index is 13.5. The van der Waals surface area contributed by atoms with Gasteiger partial charge >= 0.3 is 0 Å². The van der Waals surface area contributed by atoms with Crippen molar-refractivity contribution in [3.63, 3.8) is 0 Å². The normalized spacial score (nSPS) is 20.8. The molecule has 1 aromatic rings. The maximum Gasteiger partial charge on any atom is 0.163 e. The minimum absolute atomic E-state index is 0.0806. The predicted molar refractivity (Wildman–Crippen MR) is 53.3 cm³/mol. The van der Waals surface area contributed by atoms with E-state index in [4.69, 9.17) is 0 Å². The van der Waals surface area contributed by atoms with Gasteiger partial charge in [-0.05, 0) is 43.0 Å². The van der Waals surface area contributed by atoms with Crippen molar-refractivity contribution in [2.24, 2.45) is 0 Å². The second kappa shape index (κ2) is 3.19. The van der Waals surface area contributed by atoms with E-state index < -0.39 is 6.17 Å². The Morgan fingerprint density at radius 2 is 1.93 bits per heavy atom. The molecule has 0 heterocycles. The lowest BCUT2D eigenvalue weighted by Gasteiger charge is -2.20. The van der Waals surface area contributed by atoms with Gasteiger partial charge in [-0.25, -0.2) is 4.39 Å². The van der Waals surface area contributed by atoms with Gasteiger partial charge in [0.2, 0.25) is 0 Å². The Labute approximate surface area is 82.9 Å². The zero-order valence-corrected chi connectivity index (χ0v) is 8.43. The fraction of sp³-hybridized carbons (Fsp3) is 0.417. The number of rotatable bonds is 0. The summed E-state index contributed by atoms with van der Waals surface area (Å²) in [7, 11) is 0. The van der Waals surface area contributed by atoms with Crippen molar-refractivity contribution in [1.29, 1.82) is 0 Å². The standard InChI is InChI=1S/C12H13FO/c1-7-5-9-10(6-8(7)2)12(14)4-3-11(9)13/h5-6,11H,3-4H2,1-2H3. The van der Waals surface area contributed by atoms with Crippen LogP contribution in [0.4, 0.5) is 4.39 Å². The van der Waals surface area contributed by atoms with Crippen LogP contribution in [0.25, 0.3) is 0 Å². The SMILES string of the molecule is Cc1cc2c(cc1C)C(F)CCC2=O. The van der Waals surface area contributed by atoms with E-state index in [9.17, 15) is 9.18 Å². The van der Waals surface area contributed by atoms with Crippen LogP contribution in [0.3, 0.4) is 0 Å². The van der Waals surface area contributed by atoms with Crippen LogP contribution < -0.4 is 0 Å². The minimum atomic E-state index is -0.956. The number of halogens is 1. The summed E-state index contributed by atoms with van der Waals surface area (Å²) < 4.78 is 13.5.